The Balaban J connectivity index is 1.95. The average molecular weight is 333 g/mol. The van der Waals surface area contributed by atoms with E-state index in [1.165, 1.54) is 0 Å². The van der Waals surface area contributed by atoms with Gasteiger partial charge in [-0.25, -0.2) is 9.97 Å². The van der Waals surface area contributed by atoms with Crippen molar-refractivity contribution >= 4 is 27.9 Å². The van der Waals surface area contributed by atoms with Gasteiger partial charge in [0.05, 0.1) is 27.9 Å². The lowest BCUT2D eigenvalue weighted by Crippen LogP contribution is -2.45. The van der Waals surface area contributed by atoms with E-state index in [-0.39, 0.29) is 5.41 Å². The largest absolute Gasteiger partial charge is 0.481 e. The molecule has 0 amide bonds. The van der Waals surface area contributed by atoms with Gasteiger partial charge in [-0.2, -0.15) is 0 Å². The zero-order valence-electron chi connectivity index (χ0n) is 14.5. The van der Waals surface area contributed by atoms with Gasteiger partial charge >= 0.3 is 5.97 Å². The topological polar surface area (TPSA) is 76.0 Å². The van der Waals surface area contributed by atoms with Crippen molar-refractivity contribution in [3.63, 3.8) is 0 Å². The van der Waals surface area contributed by atoms with Crippen molar-refractivity contribution in [3.8, 4) is 0 Å². The van der Waals surface area contributed by atoms with Crippen LogP contribution in [0.3, 0.4) is 0 Å². The first-order chi connectivity index (χ1) is 11.8. The molecule has 2 heterocycles. The third kappa shape index (κ3) is 1.39. The first-order valence-electron chi connectivity index (χ1n) is 8.63. The molecule has 2 aliphatic carbocycles. The van der Waals surface area contributed by atoms with Gasteiger partial charge in [0.15, 0.2) is 0 Å². The Hall–Kier alpha value is -2.56. The Morgan fingerprint density at radius 1 is 1.04 bits per heavy atom. The molecule has 3 aromatic rings. The molecular weight excluding hydrogens is 314 g/mol. The monoisotopic (exact) mass is 333 g/mol. The number of carbonyl (C=O) groups is 1. The van der Waals surface area contributed by atoms with E-state index in [0.29, 0.717) is 12.1 Å². The average Bonchev–Trinajstić information content (AvgIpc) is 2.89. The smallest absolute Gasteiger partial charge is 0.316 e. The van der Waals surface area contributed by atoms with Crippen LogP contribution in [0.2, 0.25) is 0 Å². The third-order valence-corrected chi connectivity index (χ3v) is 7.15. The van der Waals surface area contributed by atoms with Crippen molar-refractivity contribution in [1.29, 1.82) is 0 Å². The molecule has 1 aromatic carbocycles. The number of pyridine rings is 1. The molecule has 1 fully saturated rings. The van der Waals surface area contributed by atoms with Crippen molar-refractivity contribution in [2.45, 2.75) is 44.4 Å². The molecule has 2 atom stereocenters. The van der Waals surface area contributed by atoms with E-state index in [2.05, 4.69) is 25.8 Å². The predicted molar refractivity (Wildman–Crippen MR) is 94.5 cm³/mol. The number of benzene rings is 1. The maximum atomic E-state index is 12.4. The number of aromatic nitrogens is 3. The predicted octanol–water partition coefficient (Wildman–Crippen LogP) is 3.59. The van der Waals surface area contributed by atoms with Crippen LogP contribution in [-0.2, 0) is 15.6 Å². The molecule has 0 saturated heterocycles. The molecule has 0 radical (unpaired) electrons. The fourth-order valence-corrected chi connectivity index (χ4v) is 5.19. The minimum absolute atomic E-state index is 0.285. The first-order valence-corrected chi connectivity index (χ1v) is 8.63. The summed E-state index contributed by atoms with van der Waals surface area (Å²) in [6, 6.07) is 7.72. The summed E-state index contributed by atoms with van der Waals surface area (Å²) in [7, 11) is 0. The number of carboxylic acids is 1. The molecule has 5 rings (SSSR count). The van der Waals surface area contributed by atoms with Crippen LogP contribution in [0.1, 0.15) is 45.0 Å². The van der Waals surface area contributed by atoms with Crippen molar-refractivity contribution in [2.24, 2.45) is 5.41 Å². The van der Waals surface area contributed by atoms with Gasteiger partial charge in [0.1, 0.15) is 5.41 Å². The maximum absolute atomic E-state index is 12.4. The summed E-state index contributed by atoms with van der Waals surface area (Å²) in [5.41, 5.74) is 2.28. The Morgan fingerprint density at radius 3 is 2.56 bits per heavy atom. The molecule has 0 spiro atoms. The van der Waals surface area contributed by atoms with E-state index < -0.39 is 16.8 Å². The molecule has 126 valence electrons. The second kappa shape index (κ2) is 4.15. The lowest BCUT2D eigenvalue weighted by atomic mass is 9.64. The van der Waals surface area contributed by atoms with Gasteiger partial charge in [-0.1, -0.05) is 20.8 Å². The summed E-state index contributed by atoms with van der Waals surface area (Å²) in [6.45, 7) is 6.26. The molecule has 0 aliphatic heterocycles. The van der Waals surface area contributed by atoms with E-state index in [1.54, 1.807) is 6.20 Å². The van der Waals surface area contributed by atoms with Gasteiger partial charge in [-0.15, -0.1) is 0 Å². The van der Waals surface area contributed by atoms with Crippen molar-refractivity contribution < 1.29 is 9.90 Å². The van der Waals surface area contributed by atoms with Crippen molar-refractivity contribution in [3.05, 3.63) is 41.9 Å². The molecule has 5 nitrogen and oxygen atoms in total. The van der Waals surface area contributed by atoms with Crippen LogP contribution in [0.5, 0.6) is 0 Å². The second-order valence-corrected chi connectivity index (χ2v) is 8.09. The van der Waals surface area contributed by atoms with Gasteiger partial charge in [0.25, 0.3) is 0 Å². The highest BCUT2D eigenvalue weighted by molar-refractivity contribution is 6.02. The SMILES string of the molecule is CC1(C)[C@@]2(C)CC[C@]1(C(=O)O)c1nc3ccc4ncccc4c3nc12. The molecule has 5 heteroatoms. The van der Waals surface area contributed by atoms with E-state index >= 15 is 0 Å². The number of aliphatic carboxylic acids is 1. The van der Waals surface area contributed by atoms with Crippen LogP contribution >= 0.6 is 0 Å². The molecule has 2 aliphatic rings. The molecular formula is C20H19N3O2. The van der Waals surface area contributed by atoms with Gasteiger partial charge < -0.3 is 5.11 Å². The number of hydrogen-bond acceptors (Lipinski definition) is 4. The maximum Gasteiger partial charge on any atom is 0.316 e. The normalized spacial score (nSPS) is 29.2. The lowest BCUT2D eigenvalue weighted by molar-refractivity contribution is -0.148. The van der Waals surface area contributed by atoms with Crippen LogP contribution in [0.4, 0.5) is 0 Å². The Kier molecular flexibility index (Phi) is 2.45. The van der Waals surface area contributed by atoms with Gasteiger partial charge in [0.2, 0.25) is 0 Å². The summed E-state index contributed by atoms with van der Waals surface area (Å²) in [4.78, 5) is 26.6. The number of fused-ring (bicyclic) bond motifs is 8. The summed E-state index contributed by atoms with van der Waals surface area (Å²) in [5.74, 6) is -0.781. The molecule has 2 bridgehead atoms. The summed E-state index contributed by atoms with van der Waals surface area (Å²) in [5, 5.41) is 11.1. The van der Waals surface area contributed by atoms with E-state index in [1.807, 2.05) is 24.3 Å². The van der Waals surface area contributed by atoms with E-state index in [0.717, 1.165) is 34.1 Å². The minimum Gasteiger partial charge on any atom is -0.481 e. The van der Waals surface area contributed by atoms with Crippen LogP contribution in [0.15, 0.2) is 30.5 Å². The third-order valence-electron chi connectivity index (χ3n) is 7.15. The van der Waals surface area contributed by atoms with Crippen LogP contribution in [0.25, 0.3) is 21.9 Å². The molecule has 1 saturated carbocycles. The fraction of sp³-hybridized carbons (Fsp3) is 0.400. The van der Waals surface area contributed by atoms with E-state index in [4.69, 9.17) is 9.97 Å². The highest BCUT2D eigenvalue weighted by Crippen LogP contribution is 2.70. The standard InChI is InChI=1S/C20H19N3O2/c1-18(2)19(3)8-9-20(18,17(24)25)16-15(19)23-14-11-5-4-10-21-12(11)6-7-13(14)22-16/h4-7,10H,8-9H2,1-3H3,(H,24,25)/t19-,20+/m0/s1. The summed E-state index contributed by atoms with van der Waals surface area (Å²) >= 11 is 0. The molecule has 1 N–H and O–H groups in total. The van der Waals surface area contributed by atoms with E-state index in [9.17, 15) is 9.90 Å². The zero-order chi connectivity index (χ0) is 17.6. The summed E-state index contributed by atoms with van der Waals surface area (Å²) < 4.78 is 0. The van der Waals surface area contributed by atoms with Crippen LogP contribution in [0, 0.1) is 5.41 Å². The lowest BCUT2D eigenvalue weighted by Gasteiger charge is -2.37. The minimum atomic E-state index is -0.956. The number of hydrogen-bond donors (Lipinski definition) is 1. The first kappa shape index (κ1) is 14.8. The van der Waals surface area contributed by atoms with Crippen molar-refractivity contribution in [1.82, 2.24) is 15.0 Å². The van der Waals surface area contributed by atoms with Gasteiger partial charge in [-0.05, 0) is 42.5 Å². The number of rotatable bonds is 1. The molecule has 2 aromatic heterocycles. The van der Waals surface area contributed by atoms with Crippen molar-refractivity contribution in [2.75, 3.05) is 0 Å². The van der Waals surface area contributed by atoms with Crippen LogP contribution in [-0.4, -0.2) is 26.0 Å². The Morgan fingerprint density at radius 2 is 1.80 bits per heavy atom. The number of carboxylic acid groups (broad SMARTS) is 1. The second-order valence-electron chi connectivity index (χ2n) is 8.09. The van der Waals surface area contributed by atoms with Gasteiger partial charge in [0, 0.05) is 17.0 Å². The van der Waals surface area contributed by atoms with Gasteiger partial charge in [-0.3, -0.25) is 9.78 Å². The highest BCUT2D eigenvalue weighted by Gasteiger charge is 2.73. The van der Waals surface area contributed by atoms with Crippen LogP contribution < -0.4 is 0 Å². The highest BCUT2D eigenvalue weighted by atomic mass is 16.4. The molecule has 0 unspecified atom stereocenters. The zero-order valence-corrected chi connectivity index (χ0v) is 14.5. The molecule has 25 heavy (non-hydrogen) atoms. The fourth-order valence-electron chi connectivity index (χ4n) is 5.19. The Bertz CT molecular complexity index is 1090. The summed E-state index contributed by atoms with van der Waals surface area (Å²) in [6.07, 6.45) is 3.21. The quantitative estimate of drug-likeness (QED) is 0.689. The Labute approximate surface area is 145 Å². The number of nitrogens with zero attached hydrogens (tertiary/aromatic N) is 3.